The summed E-state index contributed by atoms with van der Waals surface area (Å²) in [4.78, 5) is 12.1. The van der Waals surface area contributed by atoms with Gasteiger partial charge in [0.1, 0.15) is 0 Å². The molecule has 1 aliphatic carbocycles. The number of urea groups is 1. The first kappa shape index (κ1) is 13.9. The quantitative estimate of drug-likeness (QED) is 0.732. The second-order valence-corrected chi connectivity index (χ2v) is 5.34. The van der Waals surface area contributed by atoms with Crippen molar-refractivity contribution in [1.82, 2.24) is 5.32 Å². The van der Waals surface area contributed by atoms with Crippen molar-refractivity contribution >= 4 is 11.7 Å². The fourth-order valence-electron chi connectivity index (χ4n) is 2.71. The van der Waals surface area contributed by atoms with Gasteiger partial charge < -0.3 is 16.4 Å². The van der Waals surface area contributed by atoms with Crippen molar-refractivity contribution in [3.05, 3.63) is 30.3 Å². The van der Waals surface area contributed by atoms with E-state index in [0.29, 0.717) is 6.54 Å². The van der Waals surface area contributed by atoms with E-state index in [0.717, 1.165) is 31.4 Å². The zero-order valence-electron chi connectivity index (χ0n) is 11.3. The third-order valence-corrected chi connectivity index (χ3v) is 3.86. The molecule has 2 amide bonds. The summed E-state index contributed by atoms with van der Waals surface area (Å²) >= 11 is 0. The van der Waals surface area contributed by atoms with Crippen molar-refractivity contribution in [2.24, 2.45) is 5.73 Å². The van der Waals surface area contributed by atoms with Crippen molar-refractivity contribution in [2.75, 3.05) is 11.9 Å². The van der Waals surface area contributed by atoms with E-state index < -0.39 is 0 Å². The van der Waals surface area contributed by atoms with Gasteiger partial charge in [0, 0.05) is 12.2 Å². The zero-order valence-corrected chi connectivity index (χ0v) is 11.3. The Labute approximate surface area is 114 Å². The van der Waals surface area contributed by atoms with E-state index >= 15 is 0 Å². The van der Waals surface area contributed by atoms with Gasteiger partial charge in [-0.05, 0) is 25.0 Å². The summed E-state index contributed by atoms with van der Waals surface area (Å²) in [6.07, 6.45) is 6.72. The number of amides is 2. The molecule has 2 rings (SSSR count). The Bertz CT molecular complexity index is 397. The summed E-state index contributed by atoms with van der Waals surface area (Å²) < 4.78 is 0. The molecule has 0 radical (unpaired) electrons. The highest BCUT2D eigenvalue weighted by Gasteiger charge is 2.31. The molecule has 0 saturated heterocycles. The van der Waals surface area contributed by atoms with Gasteiger partial charge in [-0.2, -0.15) is 0 Å². The first-order valence-electron chi connectivity index (χ1n) is 7.08. The molecular formula is C15H23N3O. The van der Waals surface area contributed by atoms with E-state index in [2.05, 4.69) is 10.6 Å². The number of benzene rings is 1. The lowest BCUT2D eigenvalue weighted by Crippen LogP contribution is -2.54. The van der Waals surface area contributed by atoms with Crippen LogP contribution in [0.2, 0.25) is 0 Å². The number of rotatable bonds is 3. The Morgan fingerprint density at radius 1 is 1.11 bits per heavy atom. The molecule has 0 aliphatic heterocycles. The second kappa shape index (κ2) is 6.57. The maximum Gasteiger partial charge on any atom is 0.319 e. The van der Waals surface area contributed by atoms with E-state index in [1.807, 2.05) is 30.3 Å². The zero-order chi connectivity index (χ0) is 13.6. The Morgan fingerprint density at radius 2 is 1.74 bits per heavy atom. The van der Waals surface area contributed by atoms with Gasteiger partial charge in [-0.25, -0.2) is 4.79 Å². The Morgan fingerprint density at radius 3 is 2.32 bits per heavy atom. The predicted octanol–water partition coefficient (Wildman–Crippen LogP) is 2.86. The van der Waals surface area contributed by atoms with Crippen LogP contribution in [-0.2, 0) is 0 Å². The number of carbonyl (C=O) groups is 1. The molecule has 0 unspecified atom stereocenters. The number of nitrogens with one attached hydrogen (secondary N) is 2. The summed E-state index contributed by atoms with van der Waals surface area (Å²) in [6, 6.07) is 9.33. The molecule has 0 heterocycles. The molecule has 4 N–H and O–H groups in total. The van der Waals surface area contributed by atoms with Crippen molar-refractivity contribution in [3.63, 3.8) is 0 Å². The minimum Gasteiger partial charge on any atom is -0.331 e. The van der Waals surface area contributed by atoms with Crippen LogP contribution in [0.25, 0.3) is 0 Å². The second-order valence-electron chi connectivity index (χ2n) is 5.34. The van der Waals surface area contributed by atoms with E-state index in [-0.39, 0.29) is 11.6 Å². The highest BCUT2D eigenvalue weighted by molar-refractivity contribution is 5.89. The molecule has 1 saturated carbocycles. The van der Waals surface area contributed by atoms with Crippen molar-refractivity contribution in [1.29, 1.82) is 0 Å². The molecule has 1 aliphatic rings. The molecule has 1 aromatic rings. The van der Waals surface area contributed by atoms with Gasteiger partial charge in [-0.15, -0.1) is 0 Å². The summed E-state index contributed by atoms with van der Waals surface area (Å²) in [6.45, 7) is 0.509. The third-order valence-electron chi connectivity index (χ3n) is 3.86. The lowest BCUT2D eigenvalue weighted by atomic mass is 9.90. The fourth-order valence-corrected chi connectivity index (χ4v) is 2.71. The lowest BCUT2D eigenvalue weighted by molar-refractivity contribution is 0.230. The van der Waals surface area contributed by atoms with Crippen LogP contribution in [0, 0.1) is 0 Å². The molecule has 0 spiro atoms. The Kier molecular flexibility index (Phi) is 4.80. The van der Waals surface area contributed by atoms with Gasteiger partial charge >= 0.3 is 6.03 Å². The van der Waals surface area contributed by atoms with Crippen LogP contribution in [0.15, 0.2) is 30.3 Å². The van der Waals surface area contributed by atoms with E-state index in [1.165, 1.54) is 12.8 Å². The fraction of sp³-hybridized carbons (Fsp3) is 0.533. The average Bonchev–Trinajstić information content (AvgIpc) is 2.66. The van der Waals surface area contributed by atoms with Crippen LogP contribution < -0.4 is 16.4 Å². The molecule has 0 atom stereocenters. The summed E-state index contributed by atoms with van der Waals surface area (Å²) in [5.74, 6) is 0. The number of nitrogens with two attached hydrogens (primary N) is 1. The Hall–Kier alpha value is -1.55. The molecular weight excluding hydrogens is 238 g/mol. The van der Waals surface area contributed by atoms with Crippen LogP contribution in [-0.4, -0.2) is 18.1 Å². The normalized spacial score (nSPS) is 18.4. The smallest absolute Gasteiger partial charge is 0.319 e. The molecule has 1 aromatic carbocycles. The molecule has 0 aromatic heterocycles. The van der Waals surface area contributed by atoms with Crippen molar-refractivity contribution in [3.8, 4) is 0 Å². The highest BCUT2D eigenvalue weighted by Crippen LogP contribution is 2.26. The summed E-state index contributed by atoms with van der Waals surface area (Å²) in [7, 11) is 0. The van der Waals surface area contributed by atoms with Crippen LogP contribution in [0.4, 0.5) is 10.5 Å². The van der Waals surface area contributed by atoms with Gasteiger partial charge in [-0.1, -0.05) is 43.9 Å². The molecule has 4 heteroatoms. The standard InChI is InChI=1S/C15H23N3O/c16-12-15(10-6-1-2-7-11-15)18-14(19)17-13-8-4-3-5-9-13/h3-5,8-9H,1-2,6-7,10-12,16H2,(H2,17,18,19). The SMILES string of the molecule is NCC1(NC(=O)Nc2ccccc2)CCCCCC1. The first-order chi connectivity index (χ1) is 9.24. The number of hydrogen-bond acceptors (Lipinski definition) is 2. The van der Waals surface area contributed by atoms with Crippen LogP contribution in [0.1, 0.15) is 38.5 Å². The minimum atomic E-state index is -0.227. The third kappa shape index (κ3) is 3.96. The molecule has 4 nitrogen and oxygen atoms in total. The largest absolute Gasteiger partial charge is 0.331 e. The van der Waals surface area contributed by atoms with Gasteiger partial charge in [0.15, 0.2) is 0 Å². The molecule has 1 fully saturated rings. The number of anilines is 1. The van der Waals surface area contributed by atoms with E-state index in [9.17, 15) is 4.79 Å². The van der Waals surface area contributed by atoms with Gasteiger partial charge in [0.05, 0.1) is 5.54 Å². The number of para-hydroxylation sites is 1. The summed E-state index contributed by atoms with van der Waals surface area (Å²) in [5.41, 5.74) is 6.49. The maximum atomic E-state index is 12.1. The van der Waals surface area contributed by atoms with Crippen molar-refractivity contribution < 1.29 is 4.79 Å². The van der Waals surface area contributed by atoms with Gasteiger partial charge in [0.2, 0.25) is 0 Å². The molecule has 0 bridgehead atoms. The minimum absolute atomic E-state index is 0.154. The van der Waals surface area contributed by atoms with Crippen LogP contribution in [0.5, 0.6) is 0 Å². The van der Waals surface area contributed by atoms with Crippen molar-refractivity contribution in [2.45, 2.75) is 44.1 Å². The van der Waals surface area contributed by atoms with E-state index in [4.69, 9.17) is 5.73 Å². The lowest BCUT2D eigenvalue weighted by Gasteiger charge is -2.32. The number of carbonyl (C=O) groups excluding carboxylic acids is 1. The predicted molar refractivity (Wildman–Crippen MR) is 78.1 cm³/mol. The van der Waals surface area contributed by atoms with Gasteiger partial charge in [0.25, 0.3) is 0 Å². The monoisotopic (exact) mass is 261 g/mol. The average molecular weight is 261 g/mol. The summed E-state index contributed by atoms with van der Waals surface area (Å²) in [5, 5.41) is 5.96. The van der Waals surface area contributed by atoms with Gasteiger partial charge in [-0.3, -0.25) is 0 Å². The van der Waals surface area contributed by atoms with Crippen LogP contribution >= 0.6 is 0 Å². The topological polar surface area (TPSA) is 67.1 Å². The van der Waals surface area contributed by atoms with Crippen LogP contribution in [0.3, 0.4) is 0 Å². The molecule has 19 heavy (non-hydrogen) atoms. The molecule has 104 valence electrons. The first-order valence-corrected chi connectivity index (χ1v) is 7.08. The Balaban J connectivity index is 1.95. The maximum absolute atomic E-state index is 12.1. The van der Waals surface area contributed by atoms with E-state index in [1.54, 1.807) is 0 Å². The highest BCUT2D eigenvalue weighted by atomic mass is 16.2. The number of hydrogen-bond donors (Lipinski definition) is 3.